The number of nitrogens with zero attached hydrogens (tertiary/aromatic N) is 2. The van der Waals surface area contributed by atoms with E-state index in [1.807, 2.05) is 12.1 Å². The van der Waals surface area contributed by atoms with Crippen molar-refractivity contribution in [3.63, 3.8) is 0 Å². The summed E-state index contributed by atoms with van der Waals surface area (Å²) < 4.78 is 21.2. The number of amides is 1. The van der Waals surface area contributed by atoms with Crippen molar-refractivity contribution in [2.45, 2.75) is 6.54 Å². The lowest BCUT2D eigenvalue weighted by Gasteiger charge is -2.34. The second kappa shape index (κ2) is 10.9. The fraction of sp³-hybridized carbons (Fsp3) is 0.435. The first kappa shape index (κ1) is 22.7. The van der Waals surface area contributed by atoms with Crippen LogP contribution in [0.2, 0.25) is 0 Å². The van der Waals surface area contributed by atoms with Crippen LogP contribution in [0, 0.1) is 0 Å². The van der Waals surface area contributed by atoms with E-state index in [1.165, 1.54) is 5.56 Å². The zero-order valence-corrected chi connectivity index (χ0v) is 18.6. The van der Waals surface area contributed by atoms with Gasteiger partial charge in [-0.3, -0.25) is 14.6 Å². The van der Waals surface area contributed by atoms with Gasteiger partial charge in [-0.15, -0.1) is 0 Å². The molecule has 0 saturated carbocycles. The molecule has 0 radical (unpaired) electrons. The van der Waals surface area contributed by atoms with Crippen molar-refractivity contribution in [3.8, 4) is 23.0 Å². The number of hydrogen-bond acceptors (Lipinski definition) is 7. The van der Waals surface area contributed by atoms with Gasteiger partial charge >= 0.3 is 0 Å². The Morgan fingerprint density at radius 2 is 1.32 bits per heavy atom. The van der Waals surface area contributed by atoms with E-state index in [4.69, 9.17) is 18.9 Å². The van der Waals surface area contributed by atoms with Crippen LogP contribution in [-0.4, -0.2) is 76.9 Å². The summed E-state index contributed by atoms with van der Waals surface area (Å²) in [7, 11) is 6.44. The molecule has 0 atom stereocenters. The summed E-state index contributed by atoms with van der Waals surface area (Å²) in [5.74, 6) is 2.65. The van der Waals surface area contributed by atoms with Gasteiger partial charge in [0.2, 0.25) is 5.91 Å². The Kier molecular flexibility index (Phi) is 7.97. The van der Waals surface area contributed by atoms with Crippen molar-refractivity contribution in [3.05, 3.63) is 42.0 Å². The minimum Gasteiger partial charge on any atom is -0.493 e. The second-order valence-electron chi connectivity index (χ2n) is 7.36. The van der Waals surface area contributed by atoms with Crippen LogP contribution in [-0.2, 0) is 11.3 Å². The van der Waals surface area contributed by atoms with Gasteiger partial charge in [-0.1, -0.05) is 6.07 Å². The van der Waals surface area contributed by atoms with Crippen LogP contribution in [0.5, 0.6) is 23.0 Å². The number of ether oxygens (including phenoxy) is 4. The van der Waals surface area contributed by atoms with Crippen LogP contribution in [0.4, 0.5) is 5.69 Å². The number of methoxy groups -OCH3 is 4. The highest BCUT2D eigenvalue weighted by Gasteiger charge is 2.20. The molecule has 0 aliphatic carbocycles. The molecule has 1 amide bonds. The molecule has 8 nitrogen and oxygen atoms in total. The number of piperazine rings is 1. The number of carbonyl (C=O) groups is 1. The van der Waals surface area contributed by atoms with E-state index in [1.54, 1.807) is 46.6 Å². The highest BCUT2D eigenvalue weighted by molar-refractivity contribution is 5.92. The molecule has 168 valence electrons. The number of rotatable bonds is 9. The molecule has 1 fully saturated rings. The van der Waals surface area contributed by atoms with Crippen molar-refractivity contribution in [2.75, 3.05) is 66.5 Å². The minimum atomic E-state index is -0.0411. The van der Waals surface area contributed by atoms with E-state index < -0.39 is 0 Å². The maximum Gasteiger partial charge on any atom is 0.238 e. The van der Waals surface area contributed by atoms with Crippen LogP contribution < -0.4 is 24.3 Å². The fourth-order valence-electron chi connectivity index (χ4n) is 3.66. The van der Waals surface area contributed by atoms with Gasteiger partial charge in [0.25, 0.3) is 0 Å². The number of carbonyl (C=O) groups excluding carboxylic acids is 1. The summed E-state index contributed by atoms with van der Waals surface area (Å²) in [6.45, 7) is 4.68. The number of benzene rings is 2. The lowest BCUT2D eigenvalue weighted by atomic mass is 10.1. The van der Waals surface area contributed by atoms with Crippen molar-refractivity contribution in [2.24, 2.45) is 0 Å². The summed E-state index contributed by atoms with van der Waals surface area (Å²) in [5.41, 5.74) is 1.87. The van der Waals surface area contributed by atoms with E-state index in [9.17, 15) is 4.79 Å². The fourth-order valence-corrected chi connectivity index (χ4v) is 3.66. The molecule has 0 bridgehead atoms. The number of nitrogens with one attached hydrogen (secondary N) is 1. The molecule has 1 saturated heterocycles. The maximum atomic E-state index is 12.5. The van der Waals surface area contributed by atoms with E-state index in [-0.39, 0.29) is 5.91 Å². The number of hydrogen-bond donors (Lipinski definition) is 1. The van der Waals surface area contributed by atoms with E-state index >= 15 is 0 Å². The summed E-state index contributed by atoms with van der Waals surface area (Å²) in [6, 6.07) is 11.4. The average Bonchev–Trinajstić information content (AvgIpc) is 2.80. The molecule has 3 rings (SSSR count). The molecule has 0 unspecified atom stereocenters. The Morgan fingerprint density at radius 3 is 1.94 bits per heavy atom. The SMILES string of the molecule is COc1ccc(CN2CCN(CC(=O)Nc3ccc(OC)c(OC)c3)CC2)cc1OC. The van der Waals surface area contributed by atoms with Crippen molar-refractivity contribution in [1.29, 1.82) is 0 Å². The lowest BCUT2D eigenvalue weighted by Crippen LogP contribution is -2.48. The third-order valence-corrected chi connectivity index (χ3v) is 5.35. The van der Waals surface area contributed by atoms with Crippen LogP contribution in [0.3, 0.4) is 0 Å². The van der Waals surface area contributed by atoms with Crippen LogP contribution in [0.15, 0.2) is 36.4 Å². The Morgan fingerprint density at radius 1 is 0.774 bits per heavy atom. The topological polar surface area (TPSA) is 72.5 Å². The summed E-state index contributed by atoms with van der Waals surface area (Å²) in [6.07, 6.45) is 0. The molecule has 1 aliphatic rings. The minimum absolute atomic E-state index is 0.0411. The van der Waals surface area contributed by atoms with E-state index in [0.717, 1.165) is 44.2 Å². The van der Waals surface area contributed by atoms with Gasteiger partial charge in [0.15, 0.2) is 23.0 Å². The van der Waals surface area contributed by atoms with Gasteiger partial charge in [0.1, 0.15) is 0 Å². The molecule has 2 aromatic carbocycles. The number of anilines is 1. The molecule has 31 heavy (non-hydrogen) atoms. The quantitative estimate of drug-likeness (QED) is 0.657. The molecular weight excluding hydrogens is 398 g/mol. The van der Waals surface area contributed by atoms with Crippen LogP contribution in [0.1, 0.15) is 5.56 Å². The predicted molar refractivity (Wildman–Crippen MR) is 119 cm³/mol. The third kappa shape index (κ3) is 6.02. The Labute approximate surface area is 183 Å². The molecule has 1 aliphatic heterocycles. The molecular formula is C23H31N3O5. The van der Waals surface area contributed by atoms with Gasteiger partial charge in [0, 0.05) is 44.5 Å². The third-order valence-electron chi connectivity index (χ3n) is 5.35. The highest BCUT2D eigenvalue weighted by atomic mass is 16.5. The first-order valence-corrected chi connectivity index (χ1v) is 10.2. The van der Waals surface area contributed by atoms with Gasteiger partial charge in [0.05, 0.1) is 35.0 Å². The predicted octanol–water partition coefficient (Wildman–Crippen LogP) is 2.48. The molecule has 2 aromatic rings. The Bertz CT molecular complexity index is 882. The normalized spacial score (nSPS) is 14.7. The molecule has 0 aromatic heterocycles. The monoisotopic (exact) mass is 429 g/mol. The van der Waals surface area contributed by atoms with Crippen LogP contribution in [0.25, 0.3) is 0 Å². The van der Waals surface area contributed by atoms with E-state index in [2.05, 4.69) is 21.2 Å². The maximum absolute atomic E-state index is 12.5. The lowest BCUT2D eigenvalue weighted by molar-refractivity contribution is -0.117. The van der Waals surface area contributed by atoms with Crippen LogP contribution >= 0.6 is 0 Å². The first-order valence-electron chi connectivity index (χ1n) is 10.2. The largest absolute Gasteiger partial charge is 0.493 e. The average molecular weight is 430 g/mol. The highest BCUT2D eigenvalue weighted by Crippen LogP contribution is 2.30. The van der Waals surface area contributed by atoms with E-state index in [0.29, 0.717) is 23.7 Å². The van der Waals surface area contributed by atoms with Crippen molar-refractivity contribution >= 4 is 11.6 Å². The zero-order valence-electron chi connectivity index (χ0n) is 18.6. The summed E-state index contributed by atoms with van der Waals surface area (Å²) >= 11 is 0. The molecule has 0 spiro atoms. The molecule has 1 N–H and O–H groups in total. The van der Waals surface area contributed by atoms with Gasteiger partial charge in [-0.05, 0) is 29.8 Å². The molecule has 8 heteroatoms. The van der Waals surface area contributed by atoms with Crippen molar-refractivity contribution in [1.82, 2.24) is 9.80 Å². The Hall–Kier alpha value is -2.97. The van der Waals surface area contributed by atoms with Gasteiger partial charge in [-0.2, -0.15) is 0 Å². The second-order valence-corrected chi connectivity index (χ2v) is 7.36. The first-order chi connectivity index (χ1) is 15.1. The summed E-state index contributed by atoms with van der Waals surface area (Å²) in [4.78, 5) is 17.0. The van der Waals surface area contributed by atoms with Gasteiger partial charge in [-0.25, -0.2) is 0 Å². The summed E-state index contributed by atoms with van der Waals surface area (Å²) in [5, 5.41) is 2.93. The zero-order chi connectivity index (χ0) is 22.2. The smallest absolute Gasteiger partial charge is 0.238 e. The Balaban J connectivity index is 1.47. The molecule has 1 heterocycles. The van der Waals surface area contributed by atoms with Gasteiger partial charge < -0.3 is 24.3 Å². The standard InChI is InChI=1S/C23H31N3O5/c1-28-19-7-5-17(13-21(19)30-3)15-25-9-11-26(12-10-25)16-23(27)24-18-6-8-20(29-2)22(14-18)31-4/h5-8,13-14H,9-12,15-16H2,1-4H3,(H,24,27). The van der Waals surface area contributed by atoms with Crippen molar-refractivity contribution < 1.29 is 23.7 Å².